The summed E-state index contributed by atoms with van der Waals surface area (Å²) in [4.78, 5) is 0. The molecule has 1 N–H and O–H groups in total. The first-order chi connectivity index (χ1) is 8.71. The molecule has 0 aliphatic carbocycles. The molecule has 18 heavy (non-hydrogen) atoms. The summed E-state index contributed by atoms with van der Waals surface area (Å²) in [5, 5.41) is 3.29. The van der Waals surface area contributed by atoms with Crippen LogP contribution in [0.3, 0.4) is 0 Å². The van der Waals surface area contributed by atoms with E-state index in [4.69, 9.17) is 17.6 Å². The highest BCUT2D eigenvalue weighted by atomic mass is 79.9. The Morgan fingerprint density at radius 2 is 2.22 bits per heavy atom. The number of halogens is 1. The molecule has 0 heterocycles. The second kappa shape index (κ2) is 7.82. The van der Waals surface area contributed by atoms with E-state index in [0.717, 1.165) is 22.2 Å². The van der Waals surface area contributed by atoms with Gasteiger partial charge >= 0.3 is 0 Å². The Hall–Kier alpha value is -1.42. The average molecular weight is 306 g/mol. The van der Waals surface area contributed by atoms with Gasteiger partial charge < -0.3 is 4.74 Å². The van der Waals surface area contributed by atoms with Crippen molar-refractivity contribution in [3.8, 4) is 30.4 Å². The first kappa shape index (κ1) is 14.6. The first-order valence-electron chi connectivity index (χ1n) is 5.75. The van der Waals surface area contributed by atoms with Gasteiger partial charge in [0, 0.05) is 16.6 Å². The molecule has 1 aromatic carbocycles. The zero-order chi connectivity index (χ0) is 13.4. The Morgan fingerprint density at radius 3 is 2.83 bits per heavy atom. The predicted molar refractivity (Wildman–Crippen MR) is 78.2 cm³/mol. The summed E-state index contributed by atoms with van der Waals surface area (Å²) in [6.07, 6.45) is 11.5. The second-order valence-corrected chi connectivity index (χ2v) is 4.67. The monoisotopic (exact) mass is 305 g/mol. The van der Waals surface area contributed by atoms with Crippen LogP contribution in [0.15, 0.2) is 22.7 Å². The van der Waals surface area contributed by atoms with E-state index < -0.39 is 0 Å². The number of hydrogen-bond acceptors (Lipinski definition) is 2. The molecule has 0 saturated carbocycles. The van der Waals surface area contributed by atoms with Crippen molar-refractivity contribution in [2.45, 2.75) is 25.9 Å². The van der Waals surface area contributed by atoms with Crippen LogP contribution in [-0.4, -0.2) is 12.6 Å². The molecule has 3 heteroatoms. The molecule has 0 saturated heterocycles. The topological polar surface area (TPSA) is 21.3 Å². The van der Waals surface area contributed by atoms with Gasteiger partial charge in [-0.2, -0.15) is 0 Å². The third-order valence-electron chi connectivity index (χ3n) is 2.48. The van der Waals surface area contributed by atoms with Gasteiger partial charge in [-0.15, -0.1) is 12.8 Å². The summed E-state index contributed by atoms with van der Waals surface area (Å²) in [5.74, 6) is 5.95. The maximum atomic E-state index is 5.49. The van der Waals surface area contributed by atoms with Crippen molar-refractivity contribution in [2.75, 3.05) is 6.61 Å². The Labute approximate surface area is 117 Å². The number of rotatable bonds is 6. The number of hydrogen-bond donors (Lipinski definition) is 1. The van der Waals surface area contributed by atoms with Crippen molar-refractivity contribution >= 4 is 15.9 Å². The average Bonchev–Trinajstić information content (AvgIpc) is 2.39. The minimum absolute atomic E-state index is 0.0736. The molecular weight excluding hydrogens is 290 g/mol. The van der Waals surface area contributed by atoms with Crippen LogP contribution in [0.1, 0.15) is 18.9 Å². The van der Waals surface area contributed by atoms with E-state index in [2.05, 4.69) is 33.1 Å². The van der Waals surface area contributed by atoms with Gasteiger partial charge in [0.1, 0.15) is 12.4 Å². The van der Waals surface area contributed by atoms with Crippen molar-refractivity contribution in [3.05, 3.63) is 28.2 Å². The van der Waals surface area contributed by atoms with Crippen LogP contribution < -0.4 is 10.1 Å². The van der Waals surface area contributed by atoms with Gasteiger partial charge in [-0.1, -0.05) is 34.7 Å². The molecule has 1 unspecified atom stereocenters. The predicted octanol–water partition coefficient (Wildman–Crippen LogP) is 2.96. The SMILES string of the molecule is C#CCOc1ccc(Br)cc1CNC(C#C)CC. The van der Waals surface area contributed by atoms with Crippen LogP contribution in [0.25, 0.3) is 0 Å². The molecule has 0 fully saturated rings. The first-order valence-corrected chi connectivity index (χ1v) is 6.54. The Kier molecular flexibility index (Phi) is 6.36. The molecule has 0 bridgehead atoms. The van der Waals surface area contributed by atoms with E-state index in [0.29, 0.717) is 6.54 Å². The highest BCUT2D eigenvalue weighted by Crippen LogP contribution is 2.23. The lowest BCUT2D eigenvalue weighted by Gasteiger charge is -2.14. The van der Waals surface area contributed by atoms with E-state index >= 15 is 0 Å². The lowest BCUT2D eigenvalue weighted by Crippen LogP contribution is -2.26. The minimum Gasteiger partial charge on any atom is -0.481 e. The van der Waals surface area contributed by atoms with E-state index in [1.807, 2.05) is 25.1 Å². The van der Waals surface area contributed by atoms with Gasteiger partial charge in [-0.3, -0.25) is 5.32 Å². The van der Waals surface area contributed by atoms with Crippen LogP contribution >= 0.6 is 15.9 Å². The van der Waals surface area contributed by atoms with Gasteiger partial charge in [0.2, 0.25) is 0 Å². The van der Waals surface area contributed by atoms with Crippen LogP contribution in [0, 0.1) is 24.7 Å². The maximum Gasteiger partial charge on any atom is 0.148 e. The van der Waals surface area contributed by atoms with Crippen molar-refractivity contribution in [1.29, 1.82) is 0 Å². The van der Waals surface area contributed by atoms with Gasteiger partial charge in [0.15, 0.2) is 0 Å². The molecular formula is C15H16BrNO. The number of terminal acetylenes is 2. The van der Waals surface area contributed by atoms with E-state index in [-0.39, 0.29) is 12.6 Å². The number of nitrogens with one attached hydrogen (secondary N) is 1. The molecule has 1 atom stereocenters. The van der Waals surface area contributed by atoms with E-state index in [1.54, 1.807) is 0 Å². The van der Waals surface area contributed by atoms with Crippen LogP contribution in [0.4, 0.5) is 0 Å². The van der Waals surface area contributed by atoms with Crippen molar-refractivity contribution in [1.82, 2.24) is 5.32 Å². The zero-order valence-electron chi connectivity index (χ0n) is 10.4. The van der Waals surface area contributed by atoms with Crippen LogP contribution in [-0.2, 0) is 6.54 Å². The third kappa shape index (κ3) is 4.45. The highest BCUT2D eigenvalue weighted by molar-refractivity contribution is 9.10. The normalized spacial score (nSPS) is 11.3. The second-order valence-electron chi connectivity index (χ2n) is 3.75. The number of ether oxygens (including phenoxy) is 1. The summed E-state index contributed by atoms with van der Waals surface area (Å²) in [6.45, 7) is 2.97. The maximum absolute atomic E-state index is 5.49. The minimum atomic E-state index is 0.0736. The fraction of sp³-hybridized carbons (Fsp3) is 0.333. The van der Waals surface area contributed by atoms with E-state index in [9.17, 15) is 0 Å². The van der Waals surface area contributed by atoms with E-state index in [1.165, 1.54) is 0 Å². The van der Waals surface area contributed by atoms with Gasteiger partial charge in [-0.25, -0.2) is 0 Å². The largest absolute Gasteiger partial charge is 0.481 e. The van der Waals surface area contributed by atoms with Crippen molar-refractivity contribution in [3.63, 3.8) is 0 Å². The molecule has 0 amide bonds. The molecule has 2 nitrogen and oxygen atoms in total. The van der Waals surface area contributed by atoms with Crippen LogP contribution in [0.5, 0.6) is 5.75 Å². The lowest BCUT2D eigenvalue weighted by molar-refractivity contribution is 0.364. The summed E-state index contributed by atoms with van der Waals surface area (Å²) in [5.41, 5.74) is 1.04. The Bertz CT molecular complexity index is 470. The molecule has 0 spiro atoms. The molecule has 0 aromatic heterocycles. The lowest BCUT2D eigenvalue weighted by atomic mass is 10.1. The third-order valence-corrected chi connectivity index (χ3v) is 2.98. The molecule has 1 rings (SSSR count). The summed E-state index contributed by atoms with van der Waals surface area (Å²) >= 11 is 3.44. The molecule has 1 aromatic rings. The van der Waals surface area contributed by atoms with Crippen LogP contribution in [0.2, 0.25) is 0 Å². The van der Waals surface area contributed by atoms with Gasteiger partial charge in [-0.05, 0) is 24.6 Å². The zero-order valence-corrected chi connectivity index (χ0v) is 12.0. The fourth-order valence-electron chi connectivity index (χ4n) is 1.50. The smallest absolute Gasteiger partial charge is 0.148 e. The molecule has 94 valence electrons. The summed E-state index contributed by atoms with van der Waals surface area (Å²) in [6, 6.07) is 5.90. The van der Waals surface area contributed by atoms with Gasteiger partial charge in [0.25, 0.3) is 0 Å². The summed E-state index contributed by atoms with van der Waals surface area (Å²) in [7, 11) is 0. The molecule has 0 radical (unpaired) electrons. The molecule has 0 aliphatic rings. The highest BCUT2D eigenvalue weighted by Gasteiger charge is 2.07. The molecule has 0 aliphatic heterocycles. The standard InChI is InChI=1S/C15H16BrNO/c1-4-9-18-15-8-7-13(16)10-12(15)11-17-14(5-2)6-3/h1-2,7-8,10,14,17H,6,9,11H2,3H3. The van der Waals surface area contributed by atoms with Crippen molar-refractivity contribution in [2.24, 2.45) is 0 Å². The fourth-order valence-corrected chi connectivity index (χ4v) is 1.91. The Morgan fingerprint density at radius 1 is 1.44 bits per heavy atom. The summed E-state index contributed by atoms with van der Waals surface area (Å²) < 4.78 is 6.49. The van der Waals surface area contributed by atoms with Crippen molar-refractivity contribution < 1.29 is 4.74 Å². The van der Waals surface area contributed by atoms with Gasteiger partial charge in [0.05, 0.1) is 6.04 Å². The number of benzene rings is 1. The quantitative estimate of drug-likeness (QED) is 0.816. The Balaban J connectivity index is 2.76.